The maximum absolute atomic E-state index is 13.4. The highest BCUT2D eigenvalue weighted by Gasteiger charge is 2.54. The number of nitrogens with two attached hydrogens (primary N) is 2. The van der Waals surface area contributed by atoms with E-state index in [-0.39, 0.29) is 39.5 Å². The van der Waals surface area contributed by atoms with Gasteiger partial charge in [-0.2, -0.15) is 0 Å². The molecule has 1 fully saturated rings. The van der Waals surface area contributed by atoms with Gasteiger partial charge in [-0.15, -0.1) is 40.4 Å². The third-order valence-electron chi connectivity index (χ3n) is 6.68. The first-order chi connectivity index (χ1) is 21.7. The van der Waals surface area contributed by atoms with Crippen LogP contribution in [-0.4, -0.2) is 107 Å². The van der Waals surface area contributed by atoms with Gasteiger partial charge in [0.15, 0.2) is 22.4 Å². The van der Waals surface area contributed by atoms with Crippen LogP contribution >= 0.6 is 34.9 Å². The van der Waals surface area contributed by atoms with Crippen molar-refractivity contribution in [2.75, 3.05) is 24.3 Å². The highest BCUT2D eigenvalue weighted by atomic mass is 32.2. The lowest BCUT2D eigenvalue weighted by molar-refractivity contribution is -0.150. The zero-order valence-corrected chi connectivity index (χ0v) is 26.7. The molecular formula is C24H27N11O8S3. The number of aromatic nitrogens is 1. The lowest BCUT2D eigenvalue weighted by Gasteiger charge is -2.49. The Morgan fingerprint density at radius 2 is 2.02 bits per heavy atom. The molecule has 1 unspecified atom stereocenters. The zero-order valence-electron chi connectivity index (χ0n) is 24.2. The maximum atomic E-state index is 13.4. The van der Waals surface area contributed by atoms with Crippen LogP contribution in [0.25, 0.3) is 0 Å². The molecule has 0 radical (unpaired) electrons. The fourth-order valence-electron chi connectivity index (χ4n) is 4.40. The van der Waals surface area contributed by atoms with Crippen molar-refractivity contribution < 1.29 is 39.0 Å². The summed E-state index contributed by atoms with van der Waals surface area (Å²) in [4.78, 5) is 77.3. The molecule has 19 nitrogen and oxygen atoms in total. The number of fused-ring (bicyclic) bond motifs is 2. The molecule has 5 heterocycles. The fraction of sp³-hybridized carbons (Fsp3) is 0.333. The van der Waals surface area contributed by atoms with Crippen molar-refractivity contribution in [2.45, 2.75) is 30.9 Å². The molecule has 0 saturated carbocycles. The summed E-state index contributed by atoms with van der Waals surface area (Å²) >= 11 is 3.43. The van der Waals surface area contributed by atoms with Gasteiger partial charge in [0.25, 0.3) is 17.7 Å². The summed E-state index contributed by atoms with van der Waals surface area (Å²) in [5.74, 6) is 1.01. The lowest BCUT2D eigenvalue weighted by atomic mass is 10.0. The SMILES string of the molecule is CN1C=C2N=C(C(=O)O)C=C(SCC3=C(C(=O)O)N4C(=O)C(NC(=O)/C(=N\OC(C)(C)C(=O)NN)c5csc(N)n5)[C@H]4SC3)N2N1. The molecule has 22 heteroatoms. The standard InChI is InChI=1S/C24H27N11O8S3/c1-24(2,22(42)30-26)43-31-14(11-8-46-23(25)28-11)17(36)29-15-18(37)34-16(21(40)41)9(7-45-19(15)34)6-44-13-4-10(20(38)39)27-12-5-33(3)32-35(12)13/h4-5,8,15,19,32H,6-7,26H2,1-3H3,(H2,25,28)(H,29,36)(H,30,42)(H,38,39)(H,40,41)/b31-14-/t15?,19-/m1/s1. The van der Waals surface area contributed by atoms with Crippen molar-refractivity contribution in [2.24, 2.45) is 16.0 Å². The molecule has 0 aliphatic carbocycles. The number of carbonyl (C=O) groups is 5. The van der Waals surface area contributed by atoms with E-state index in [4.69, 9.17) is 16.4 Å². The number of aliphatic carboxylic acids is 2. The molecule has 46 heavy (non-hydrogen) atoms. The average molecular weight is 694 g/mol. The van der Waals surface area contributed by atoms with Crippen LogP contribution in [0.5, 0.6) is 0 Å². The smallest absolute Gasteiger partial charge is 0.354 e. The molecule has 0 spiro atoms. The number of oxime groups is 1. The van der Waals surface area contributed by atoms with Crippen LogP contribution < -0.4 is 27.9 Å². The van der Waals surface area contributed by atoms with Crippen LogP contribution in [0, 0.1) is 0 Å². The predicted molar refractivity (Wildman–Crippen MR) is 167 cm³/mol. The van der Waals surface area contributed by atoms with E-state index in [1.165, 1.54) is 48.8 Å². The number of nitrogen functional groups attached to an aromatic ring is 1. The number of amides is 3. The van der Waals surface area contributed by atoms with Crippen LogP contribution in [0.2, 0.25) is 0 Å². The molecule has 244 valence electrons. The van der Waals surface area contributed by atoms with Crippen molar-refractivity contribution in [1.29, 1.82) is 0 Å². The average Bonchev–Trinajstić information content (AvgIpc) is 3.61. The highest BCUT2D eigenvalue weighted by molar-refractivity contribution is 8.03. The molecule has 5 rings (SSSR count). The first-order valence-electron chi connectivity index (χ1n) is 13.1. The van der Waals surface area contributed by atoms with E-state index in [0.717, 1.165) is 16.2 Å². The minimum atomic E-state index is -1.58. The molecule has 1 saturated heterocycles. The molecule has 4 aliphatic heterocycles. The molecular weight excluding hydrogens is 667 g/mol. The topological polar surface area (TPSA) is 270 Å². The fourth-order valence-corrected chi connectivity index (χ4v) is 7.45. The monoisotopic (exact) mass is 693 g/mol. The molecule has 4 aliphatic rings. The molecule has 0 bridgehead atoms. The third-order valence-corrected chi connectivity index (χ3v) is 9.79. The van der Waals surface area contributed by atoms with E-state index in [9.17, 15) is 34.2 Å². The molecule has 9 N–H and O–H groups in total. The number of hydrogen-bond donors (Lipinski definition) is 7. The Balaban J connectivity index is 1.33. The number of aliphatic imine (C=N–C) groups is 1. The van der Waals surface area contributed by atoms with Crippen molar-refractivity contribution in [3.05, 3.63) is 45.5 Å². The Hall–Kier alpha value is -4.64. The number of carbonyl (C=O) groups excluding carboxylic acids is 3. The lowest BCUT2D eigenvalue weighted by Crippen LogP contribution is -2.71. The Labute approximate surface area is 272 Å². The summed E-state index contributed by atoms with van der Waals surface area (Å²) in [6, 6.07) is -1.12. The molecule has 2 atom stereocenters. The number of thiazole rings is 1. The summed E-state index contributed by atoms with van der Waals surface area (Å²) in [7, 11) is 1.70. The first kappa shape index (κ1) is 32.7. The van der Waals surface area contributed by atoms with Gasteiger partial charge < -0.3 is 26.1 Å². The van der Waals surface area contributed by atoms with Crippen LogP contribution in [-0.2, 0) is 28.8 Å². The van der Waals surface area contributed by atoms with Crippen molar-refractivity contribution in [1.82, 2.24) is 36.2 Å². The van der Waals surface area contributed by atoms with Crippen LogP contribution in [0.15, 0.2) is 49.9 Å². The van der Waals surface area contributed by atoms with E-state index in [1.807, 2.05) is 5.43 Å². The minimum Gasteiger partial charge on any atom is -0.477 e. The van der Waals surface area contributed by atoms with Gasteiger partial charge in [-0.05, 0) is 19.4 Å². The summed E-state index contributed by atoms with van der Waals surface area (Å²) in [5.41, 5.74) is 8.72. The van der Waals surface area contributed by atoms with E-state index in [0.29, 0.717) is 16.4 Å². The number of anilines is 1. The van der Waals surface area contributed by atoms with Crippen molar-refractivity contribution >= 4 is 81.1 Å². The van der Waals surface area contributed by atoms with Crippen molar-refractivity contribution in [3.8, 4) is 0 Å². The number of nitrogens with one attached hydrogen (secondary N) is 3. The van der Waals surface area contributed by atoms with E-state index >= 15 is 0 Å². The molecule has 1 aromatic rings. The van der Waals surface area contributed by atoms with Gasteiger partial charge in [0.1, 0.15) is 22.8 Å². The Morgan fingerprint density at radius 1 is 1.28 bits per heavy atom. The maximum Gasteiger partial charge on any atom is 0.354 e. The van der Waals surface area contributed by atoms with E-state index < -0.39 is 46.7 Å². The highest BCUT2D eigenvalue weighted by Crippen LogP contribution is 2.42. The number of carboxylic acid groups (broad SMARTS) is 2. The second kappa shape index (κ2) is 12.6. The molecule has 3 amide bonds. The summed E-state index contributed by atoms with van der Waals surface area (Å²) in [6.45, 7) is 2.73. The normalized spacial score (nSPS) is 21.0. The largest absolute Gasteiger partial charge is 0.477 e. The number of rotatable bonds is 11. The van der Waals surface area contributed by atoms with Crippen LogP contribution in [0.4, 0.5) is 5.13 Å². The number of β-lactam (4-membered cyclic amide) rings is 1. The number of thioether (sulfide) groups is 2. The number of carboxylic acids is 2. The predicted octanol–water partition coefficient (Wildman–Crippen LogP) is -1.47. The van der Waals surface area contributed by atoms with E-state index in [1.54, 1.807) is 23.3 Å². The Morgan fingerprint density at radius 3 is 2.65 bits per heavy atom. The summed E-state index contributed by atoms with van der Waals surface area (Å²) in [6.07, 6.45) is 2.95. The van der Waals surface area contributed by atoms with Gasteiger partial charge in [-0.1, -0.05) is 5.16 Å². The second-order valence-electron chi connectivity index (χ2n) is 10.3. The number of hydrogen-bond acceptors (Lipinski definition) is 17. The van der Waals surface area contributed by atoms with Gasteiger partial charge in [-0.25, -0.2) is 30.4 Å². The van der Waals surface area contributed by atoms with E-state index in [2.05, 4.69) is 26.0 Å². The Kier molecular flexibility index (Phi) is 8.99. The van der Waals surface area contributed by atoms with Gasteiger partial charge >= 0.3 is 11.9 Å². The minimum absolute atomic E-state index is 0.0270. The van der Waals surface area contributed by atoms with Gasteiger partial charge in [0, 0.05) is 30.0 Å². The van der Waals surface area contributed by atoms with Crippen LogP contribution in [0.3, 0.4) is 0 Å². The quantitative estimate of drug-likeness (QED) is 0.0458. The first-order valence-corrected chi connectivity index (χ1v) is 16.0. The van der Waals surface area contributed by atoms with Gasteiger partial charge in [0.2, 0.25) is 5.60 Å². The summed E-state index contributed by atoms with van der Waals surface area (Å²) in [5, 5.41) is 30.4. The zero-order chi connectivity index (χ0) is 33.5. The second-order valence-corrected chi connectivity index (χ2v) is 13.3. The van der Waals surface area contributed by atoms with Crippen LogP contribution in [0.1, 0.15) is 19.5 Å². The van der Waals surface area contributed by atoms with Crippen molar-refractivity contribution in [3.63, 3.8) is 0 Å². The molecule has 1 aromatic heterocycles. The number of nitrogens with zero attached hydrogens (tertiary/aromatic N) is 6. The molecule has 0 aromatic carbocycles. The van der Waals surface area contributed by atoms with Gasteiger partial charge in [-0.3, -0.25) is 29.7 Å². The van der Waals surface area contributed by atoms with Gasteiger partial charge in [0.05, 0.1) is 11.2 Å². The Bertz CT molecular complexity index is 1680. The number of hydrazine groups is 3. The summed E-state index contributed by atoms with van der Waals surface area (Å²) < 4.78 is 0. The third kappa shape index (κ3) is 6.24.